The van der Waals surface area contributed by atoms with Crippen LogP contribution < -0.4 is 10.6 Å². The molecular formula is C17H25FN4O2. The van der Waals surface area contributed by atoms with Crippen LogP contribution in [-0.4, -0.2) is 57.2 Å². The zero-order valence-electron chi connectivity index (χ0n) is 14.2. The third kappa shape index (κ3) is 6.16. The second-order valence-corrected chi connectivity index (χ2v) is 6.05. The first-order valence-corrected chi connectivity index (χ1v) is 8.09. The van der Waals surface area contributed by atoms with Crippen molar-refractivity contribution in [2.24, 2.45) is 10.9 Å². The summed E-state index contributed by atoms with van der Waals surface area (Å²) in [5, 5.41) is 6.26. The minimum absolute atomic E-state index is 0.0422. The first kappa shape index (κ1) is 18.2. The van der Waals surface area contributed by atoms with Crippen LogP contribution in [0.3, 0.4) is 0 Å². The van der Waals surface area contributed by atoms with Gasteiger partial charge in [0.2, 0.25) is 5.91 Å². The number of hydrogen-bond acceptors (Lipinski definition) is 3. The van der Waals surface area contributed by atoms with Gasteiger partial charge in [-0.2, -0.15) is 0 Å². The predicted octanol–water partition coefficient (Wildman–Crippen LogP) is 0.986. The maximum Gasteiger partial charge on any atom is 0.241 e. The topological polar surface area (TPSA) is 66.0 Å². The summed E-state index contributed by atoms with van der Waals surface area (Å²) in [6, 6.07) is 6.34. The molecular weight excluding hydrogens is 311 g/mol. The Balaban J connectivity index is 1.94. The van der Waals surface area contributed by atoms with Gasteiger partial charge in [-0.1, -0.05) is 12.1 Å². The molecule has 1 aromatic carbocycles. The molecule has 0 aromatic heterocycles. The second kappa shape index (κ2) is 9.22. The van der Waals surface area contributed by atoms with E-state index in [1.54, 1.807) is 20.2 Å². The average molecular weight is 336 g/mol. The lowest BCUT2D eigenvalue weighted by Crippen LogP contribution is -2.44. The molecule has 2 N–H and O–H groups in total. The van der Waals surface area contributed by atoms with Crippen LogP contribution in [0.25, 0.3) is 0 Å². The molecule has 7 heteroatoms. The van der Waals surface area contributed by atoms with Crippen LogP contribution in [0.15, 0.2) is 29.3 Å². The molecule has 0 saturated carbocycles. The fourth-order valence-electron chi connectivity index (χ4n) is 2.28. The quantitative estimate of drug-likeness (QED) is 0.600. The number of benzene rings is 1. The van der Waals surface area contributed by atoms with Crippen molar-refractivity contribution in [3.63, 3.8) is 0 Å². The van der Waals surface area contributed by atoms with Gasteiger partial charge in [0.05, 0.1) is 19.7 Å². The van der Waals surface area contributed by atoms with Crippen molar-refractivity contribution in [2.45, 2.75) is 13.0 Å². The molecule has 1 atom stereocenters. The molecule has 1 heterocycles. The van der Waals surface area contributed by atoms with Gasteiger partial charge in [0, 0.05) is 33.2 Å². The van der Waals surface area contributed by atoms with Gasteiger partial charge in [-0.3, -0.25) is 4.79 Å². The van der Waals surface area contributed by atoms with E-state index in [4.69, 9.17) is 4.74 Å². The van der Waals surface area contributed by atoms with E-state index in [1.807, 2.05) is 6.07 Å². The Morgan fingerprint density at radius 2 is 2.25 bits per heavy atom. The van der Waals surface area contributed by atoms with Crippen LogP contribution in [0.5, 0.6) is 0 Å². The molecule has 0 bridgehead atoms. The van der Waals surface area contributed by atoms with Crippen LogP contribution in [0.1, 0.15) is 12.0 Å². The number of carbonyl (C=O) groups excluding carboxylic acids is 1. The van der Waals surface area contributed by atoms with Gasteiger partial charge < -0.3 is 20.3 Å². The average Bonchev–Trinajstić information content (AvgIpc) is 3.07. The Morgan fingerprint density at radius 1 is 1.42 bits per heavy atom. The molecule has 0 radical (unpaired) electrons. The van der Waals surface area contributed by atoms with E-state index in [-0.39, 0.29) is 18.3 Å². The second-order valence-electron chi connectivity index (χ2n) is 6.05. The number of halogens is 1. The van der Waals surface area contributed by atoms with E-state index in [0.717, 1.165) is 31.7 Å². The highest BCUT2D eigenvalue weighted by molar-refractivity contribution is 5.86. The largest absolute Gasteiger partial charge is 0.381 e. The Kier molecular flexibility index (Phi) is 6.99. The van der Waals surface area contributed by atoms with Gasteiger partial charge in [-0.05, 0) is 24.1 Å². The fourth-order valence-corrected chi connectivity index (χ4v) is 2.28. The number of carbonyl (C=O) groups is 1. The molecule has 132 valence electrons. The monoisotopic (exact) mass is 336 g/mol. The summed E-state index contributed by atoms with van der Waals surface area (Å²) in [5.41, 5.74) is 0.777. The number of guanidine groups is 1. The van der Waals surface area contributed by atoms with Gasteiger partial charge in [0.1, 0.15) is 5.82 Å². The lowest BCUT2D eigenvalue weighted by atomic mass is 10.1. The molecule has 6 nitrogen and oxygen atoms in total. The van der Waals surface area contributed by atoms with Crippen LogP contribution >= 0.6 is 0 Å². The summed E-state index contributed by atoms with van der Waals surface area (Å²) in [5.74, 6) is 0.660. The number of aliphatic imine (C=N–C) groups is 1. The van der Waals surface area contributed by atoms with Crippen molar-refractivity contribution in [3.8, 4) is 0 Å². The molecule has 1 saturated heterocycles. The highest BCUT2D eigenvalue weighted by atomic mass is 19.1. The van der Waals surface area contributed by atoms with Crippen molar-refractivity contribution in [1.82, 2.24) is 15.5 Å². The third-order valence-corrected chi connectivity index (χ3v) is 3.80. The SMILES string of the molecule is CN(C)C(=O)CNC(=NCc1cccc(F)c1)NCC1CCOC1. The summed E-state index contributed by atoms with van der Waals surface area (Å²) in [7, 11) is 3.41. The Labute approximate surface area is 142 Å². The molecule has 24 heavy (non-hydrogen) atoms. The van der Waals surface area contributed by atoms with Crippen molar-refractivity contribution in [3.05, 3.63) is 35.6 Å². The molecule has 1 aliphatic rings. The molecule has 1 unspecified atom stereocenters. The Bertz CT molecular complexity index is 571. The van der Waals surface area contributed by atoms with Gasteiger partial charge >= 0.3 is 0 Å². The number of nitrogens with zero attached hydrogens (tertiary/aromatic N) is 2. The van der Waals surface area contributed by atoms with E-state index in [1.165, 1.54) is 17.0 Å². The van der Waals surface area contributed by atoms with E-state index in [2.05, 4.69) is 15.6 Å². The number of amides is 1. The van der Waals surface area contributed by atoms with E-state index < -0.39 is 0 Å². The fraction of sp³-hybridized carbons (Fsp3) is 0.529. The summed E-state index contributed by atoms with van der Waals surface area (Å²) in [4.78, 5) is 17.7. The standard InChI is InChI=1S/C17H25FN4O2/c1-22(2)16(23)11-21-17(20-10-14-6-7-24-12-14)19-9-13-4-3-5-15(18)8-13/h3-5,8,14H,6-7,9-12H2,1-2H3,(H2,19,20,21). The normalized spacial score (nSPS) is 17.6. The number of rotatable bonds is 6. The van der Waals surface area contributed by atoms with Crippen molar-refractivity contribution < 1.29 is 13.9 Å². The maximum atomic E-state index is 13.2. The van der Waals surface area contributed by atoms with E-state index >= 15 is 0 Å². The lowest BCUT2D eigenvalue weighted by molar-refractivity contribution is -0.127. The maximum absolute atomic E-state index is 13.2. The van der Waals surface area contributed by atoms with Gasteiger partial charge in [-0.15, -0.1) is 0 Å². The predicted molar refractivity (Wildman–Crippen MR) is 91.2 cm³/mol. The first-order chi connectivity index (χ1) is 11.5. The molecule has 1 aliphatic heterocycles. The van der Waals surface area contributed by atoms with Crippen molar-refractivity contribution in [1.29, 1.82) is 0 Å². The Hall–Kier alpha value is -2.15. The smallest absolute Gasteiger partial charge is 0.241 e. The highest BCUT2D eigenvalue weighted by Gasteiger charge is 2.16. The zero-order valence-corrected chi connectivity index (χ0v) is 14.2. The molecule has 0 spiro atoms. The number of likely N-dealkylation sites (N-methyl/N-ethyl adjacent to an activating group) is 1. The van der Waals surface area contributed by atoms with Gasteiger partial charge in [0.25, 0.3) is 0 Å². The van der Waals surface area contributed by atoms with Gasteiger partial charge in [0.15, 0.2) is 5.96 Å². The molecule has 1 amide bonds. The number of nitrogens with one attached hydrogen (secondary N) is 2. The first-order valence-electron chi connectivity index (χ1n) is 8.09. The number of ether oxygens (including phenoxy) is 1. The molecule has 0 aliphatic carbocycles. The van der Waals surface area contributed by atoms with Crippen molar-refractivity contribution >= 4 is 11.9 Å². The minimum Gasteiger partial charge on any atom is -0.381 e. The van der Waals surface area contributed by atoms with Crippen LogP contribution in [-0.2, 0) is 16.1 Å². The minimum atomic E-state index is -0.281. The number of hydrogen-bond donors (Lipinski definition) is 2. The van der Waals surface area contributed by atoms with Crippen LogP contribution in [0, 0.1) is 11.7 Å². The molecule has 2 rings (SSSR count). The third-order valence-electron chi connectivity index (χ3n) is 3.80. The molecule has 1 aromatic rings. The zero-order chi connectivity index (χ0) is 17.4. The van der Waals surface area contributed by atoms with E-state index in [0.29, 0.717) is 18.4 Å². The highest BCUT2D eigenvalue weighted by Crippen LogP contribution is 2.10. The van der Waals surface area contributed by atoms with Gasteiger partial charge in [-0.25, -0.2) is 9.38 Å². The van der Waals surface area contributed by atoms with Crippen LogP contribution in [0.4, 0.5) is 4.39 Å². The van der Waals surface area contributed by atoms with E-state index in [9.17, 15) is 9.18 Å². The van der Waals surface area contributed by atoms with Crippen molar-refractivity contribution in [2.75, 3.05) is 40.4 Å². The summed E-state index contributed by atoms with van der Waals surface area (Å²) in [6.07, 6.45) is 1.01. The summed E-state index contributed by atoms with van der Waals surface area (Å²) in [6.45, 7) is 2.74. The summed E-state index contributed by atoms with van der Waals surface area (Å²) >= 11 is 0. The summed E-state index contributed by atoms with van der Waals surface area (Å²) < 4.78 is 18.6. The lowest BCUT2D eigenvalue weighted by Gasteiger charge is -2.16. The molecule has 1 fully saturated rings. The Morgan fingerprint density at radius 3 is 2.92 bits per heavy atom. The van der Waals surface area contributed by atoms with Crippen LogP contribution in [0.2, 0.25) is 0 Å².